The van der Waals surface area contributed by atoms with Crippen molar-refractivity contribution in [1.82, 2.24) is 54.3 Å². The zero-order valence-electron chi connectivity index (χ0n) is 75.2. The molecule has 0 saturated heterocycles. The van der Waals surface area contributed by atoms with Gasteiger partial charge in [0.25, 0.3) is 35.2 Å². The molecule has 0 bridgehead atoms. The minimum absolute atomic E-state index is 0.0240. The van der Waals surface area contributed by atoms with Crippen LogP contribution in [0.5, 0.6) is 46.0 Å². The second-order valence-corrected chi connectivity index (χ2v) is 28.6. The van der Waals surface area contributed by atoms with E-state index < -0.39 is 76.4 Å². The molecule has 0 atom stereocenters. The van der Waals surface area contributed by atoms with Crippen molar-refractivity contribution in [2.75, 3.05) is 81.5 Å². The normalized spacial score (nSPS) is 10.7. The van der Waals surface area contributed by atoms with E-state index >= 15 is 0 Å². The minimum atomic E-state index is -0.749. The number of carbonyl (C=O) groups excluding carboxylic acids is 11. The molecule has 0 spiro atoms. The fourth-order valence-electron chi connectivity index (χ4n) is 11.7. The maximum absolute atomic E-state index is 13.7. The van der Waals surface area contributed by atoms with Crippen LogP contribution in [0.1, 0.15) is 152 Å². The molecular formula is C94H106ClFN16O22. The average molecular weight is 1870 g/mol. The van der Waals surface area contributed by atoms with Gasteiger partial charge in [0, 0.05) is 56.9 Å². The summed E-state index contributed by atoms with van der Waals surface area (Å²) in [6.07, 6.45) is 7.57. The molecule has 1 aliphatic carbocycles. The number of halogens is 2. The highest BCUT2D eigenvalue weighted by atomic mass is 35.5. The molecule has 15 N–H and O–H groups in total. The number of carbonyl (C=O) groups is 11. The van der Waals surface area contributed by atoms with Crippen LogP contribution >= 0.6 is 11.6 Å². The van der Waals surface area contributed by atoms with Crippen molar-refractivity contribution in [2.45, 2.75) is 99.5 Å². The minimum Gasteiger partial charge on any atom is -0.497 e. The second kappa shape index (κ2) is 55.3. The van der Waals surface area contributed by atoms with Gasteiger partial charge >= 0.3 is 36.1 Å². The summed E-state index contributed by atoms with van der Waals surface area (Å²) in [4.78, 5) is 142. The van der Waals surface area contributed by atoms with Gasteiger partial charge in [-0.25, -0.2) is 60.3 Å². The van der Waals surface area contributed by atoms with E-state index in [2.05, 4.69) is 92.5 Å². The van der Waals surface area contributed by atoms with Crippen LogP contribution in [0.3, 0.4) is 0 Å². The maximum atomic E-state index is 13.7. The number of methoxy groups -OCH3 is 4. The highest BCUT2D eigenvalue weighted by molar-refractivity contribution is 6.31. The summed E-state index contributed by atoms with van der Waals surface area (Å²) in [5.74, 6) is 0.239. The summed E-state index contributed by atoms with van der Waals surface area (Å²) < 4.78 is 62.2. The van der Waals surface area contributed by atoms with Crippen LogP contribution in [-0.2, 0) is 11.2 Å². The molecule has 0 aliphatic heterocycles. The number of amides is 15. The van der Waals surface area contributed by atoms with E-state index in [1.165, 1.54) is 89.8 Å². The summed E-state index contributed by atoms with van der Waals surface area (Å²) in [6, 6.07) is 52.9. The molecule has 40 heteroatoms. The number of nitro benzene ring substituents is 1. The predicted molar refractivity (Wildman–Crippen MR) is 501 cm³/mol. The van der Waals surface area contributed by atoms with Gasteiger partial charge in [-0.3, -0.25) is 61.2 Å². The van der Waals surface area contributed by atoms with Gasteiger partial charge in [-0.05, 0) is 235 Å². The van der Waals surface area contributed by atoms with Crippen molar-refractivity contribution in [3.8, 4) is 46.0 Å². The lowest BCUT2D eigenvalue weighted by molar-refractivity contribution is -0.384. The van der Waals surface area contributed by atoms with E-state index in [0.29, 0.717) is 99.9 Å². The smallest absolute Gasteiger partial charge is 0.339 e. The fraction of sp³-hybridized carbons (Fsp3) is 0.245. The Morgan fingerprint density at radius 3 is 1.41 bits per heavy atom. The molecule has 38 nitrogen and oxygen atoms in total. The van der Waals surface area contributed by atoms with Gasteiger partial charge in [-0.15, -0.1) is 0 Å². The lowest BCUT2D eigenvalue weighted by Crippen LogP contribution is -2.44. The van der Waals surface area contributed by atoms with Crippen molar-refractivity contribution in [2.24, 2.45) is 0 Å². The van der Waals surface area contributed by atoms with Gasteiger partial charge in [0.05, 0.1) is 94.1 Å². The number of anilines is 5. The third-order valence-corrected chi connectivity index (χ3v) is 19.0. The van der Waals surface area contributed by atoms with Gasteiger partial charge in [0.1, 0.15) is 34.6 Å². The number of aryl methyl sites for hydroxylation is 3. The number of para-hydroxylation sites is 2. The monoisotopic (exact) mass is 1860 g/mol. The number of non-ortho nitro benzene ring substituents is 1. The molecule has 10 aromatic rings. The first-order valence-electron chi connectivity index (χ1n) is 41.8. The second-order valence-electron chi connectivity index (χ2n) is 28.2. The van der Waals surface area contributed by atoms with Crippen LogP contribution in [-0.4, -0.2) is 132 Å². The topological polar surface area (TPSA) is 494 Å². The predicted octanol–water partition coefficient (Wildman–Crippen LogP) is 16.2. The average Bonchev–Trinajstić information content (AvgIpc) is 0.884. The summed E-state index contributed by atoms with van der Waals surface area (Å²) in [5, 5.41) is 23.6. The number of rotatable bonds is 28. The first-order valence-corrected chi connectivity index (χ1v) is 42.2. The van der Waals surface area contributed by atoms with Gasteiger partial charge < -0.3 is 69.2 Å². The Balaban J connectivity index is 0.000000230. The molecule has 11 rings (SSSR count). The fourth-order valence-corrected chi connectivity index (χ4v) is 11.9. The van der Waals surface area contributed by atoms with Crippen molar-refractivity contribution in [3.05, 3.63) is 283 Å². The molecule has 708 valence electrons. The number of urea groups is 5. The van der Waals surface area contributed by atoms with Crippen LogP contribution < -0.4 is 119 Å². The number of benzene rings is 10. The SMILES string of the molecule is CCCCOc1ccc(C(=O)NNC(=O)Nc2ccc(C)cc2F)cc1.CCOc1cc(C(=O)NNC(=O)Nc2ccc(CC)cc2OC)cc(OCC)c1OCC.COC(=O)c1ccccc1NC(=O)NNC(=O)c1ccc(OC2CCCC2)cc1.COc1ccc(C(=O)NNC(=O)Nc2ccc(C)c(Cl)c2)c(OC)c1.O=C(NNC(=O)c1ccc([N+](=O)[O-])cc1)Nc1ccccc1. The van der Waals surface area contributed by atoms with E-state index in [9.17, 15) is 67.2 Å². The van der Waals surface area contributed by atoms with E-state index in [4.69, 9.17) is 49.5 Å². The van der Waals surface area contributed by atoms with Gasteiger partial charge in [0.2, 0.25) is 5.75 Å². The molecule has 1 saturated carbocycles. The Labute approximate surface area is 776 Å². The van der Waals surface area contributed by atoms with E-state index in [0.717, 1.165) is 54.5 Å². The molecule has 1 fully saturated rings. The number of nitrogens with one attached hydrogen (secondary N) is 15. The van der Waals surface area contributed by atoms with Gasteiger partial charge in [-0.2, -0.15) is 0 Å². The molecule has 0 aromatic heterocycles. The lowest BCUT2D eigenvalue weighted by Gasteiger charge is -2.17. The number of nitro groups is 1. The summed E-state index contributed by atoms with van der Waals surface area (Å²) in [7, 11) is 5.73. The molecule has 1 aliphatic rings. The zero-order chi connectivity index (χ0) is 97.4. The van der Waals surface area contributed by atoms with Crippen molar-refractivity contribution >= 4 is 111 Å². The number of unbranched alkanes of at least 4 members (excludes halogenated alkanes) is 1. The van der Waals surface area contributed by atoms with E-state index in [1.54, 1.807) is 159 Å². The lowest BCUT2D eigenvalue weighted by atomic mass is 10.1. The zero-order valence-corrected chi connectivity index (χ0v) is 76.0. The summed E-state index contributed by atoms with van der Waals surface area (Å²) in [6.45, 7) is 15.0. The van der Waals surface area contributed by atoms with Crippen LogP contribution in [0.2, 0.25) is 5.02 Å². The van der Waals surface area contributed by atoms with E-state index in [1.807, 2.05) is 46.8 Å². The molecule has 15 amide bonds. The van der Waals surface area contributed by atoms with Crippen LogP contribution in [0.15, 0.2) is 212 Å². The van der Waals surface area contributed by atoms with Crippen molar-refractivity contribution in [1.29, 1.82) is 0 Å². The van der Waals surface area contributed by atoms with E-state index in [-0.39, 0.29) is 45.4 Å². The van der Waals surface area contributed by atoms with Gasteiger partial charge in [0.15, 0.2) is 11.5 Å². The molecule has 134 heavy (non-hydrogen) atoms. The molecule has 0 radical (unpaired) electrons. The Kier molecular flexibility index (Phi) is 43.1. The standard InChI is InChI=1S/C23H31N3O6.C21H23N3O5.C19H22FN3O3.C17H18ClN3O4.C14H12N4O4/c1-6-15-10-11-17(18(12-15)29-5)24-23(28)26-25-22(27)16-13-19(30-7-2)21(32-9-4)20(14-16)31-8-3;1-28-20(26)17-8-4-5-9-18(17)22-21(27)24-23-19(25)14-10-12-16(13-11-14)29-15-6-2-3-7-15;1-3-4-11-26-15-8-6-14(7-9-15)18(24)22-23-19(25)21-17-10-5-13(2)12-16(17)20;1-10-4-5-11(8-14(10)18)19-17(23)21-20-16(22)13-7-6-12(24-2)9-15(13)25-3;19-13(10-6-8-12(9-7-10)18(21)22)16-17-14(20)15-11-4-2-1-3-5-11/h10-14H,6-9H2,1-5H3,(H,25,27)(H2,24,26,28);4-5,8-13,15H,2-3,6-7H2,1H3,(H,23,25)(H2,22,24,27);5-10,12H,3-4,11H2,1-2H3,(H,22,24)(H2,21,23,25);4-9H,1-3H3,(H,20,22)(H2,19,21,23);1-9H,(H,16,19)(H2,15,17,20). The third kappa shape index (κ3) is 34.8. The Bertz CT molecular complexity index is 5620. The Hall–Kier alpha value is -16.6. The number of hydrogen-bond donors (Lipinski definition) is 15. The Morgan fingerprint density at radius 1 is 0.418 bits per heavy atom. The summed E-state index contributed by atoms with van der Waals surface area (Å²) >= 11 is 6.00. The third-order valence-electron chi connectivity index (χ3n) is 18.6. The number of esters is 1. The summed E-state index contributed by atoms with van der Waals surface area (Å²) in [5.41, 5.74) is 28.7. The number of hydrazine groups is 5. The molecule has 0 heterocycles. The Morgan fingerprint density at radius 2 is 0.903 bits per heavy atom. The molecule has 10 aromatic carbocycles. The first kappa shape index (κ1) is 104. The van der Waals surface area contributed by atoms with Gasteiger partial charge in [-0.1, -0.05) is 80.4 Å². The first-order chi connectivity index (χ1) is 64.5. The highest BCUT2D eigenvalue weighted by Gasteiger charge is 2.23. The molecular weight excluding hydrogens is 1760 g/mol. The van der Waals surface area contributed by atoms with Crippen LogP contribution in [0.25, 0.3) is 0 Å². The number of ether oxygens (including phenoxy) is 9. The number of nitrogens with zero attached hydrogens (tertiary/aromatic N) is 1. The highest BCUT2D eigenvalue weighted by Crippen LogP contribution is 2.40. The van der Waals surface area contributed by atoms with Crippen LogP contribution in [0.4, 0.5) is 62.5 Å². The van der Waals surface area contributed by atoms with Crippen molar-refractivity contribution in [3.63, 3.8) is 0 Å². The molecule has 0 unspecified atom stereocenters. The largest absolute Gasteiger partial charge is 0.497 e. The number of hydrogen-bond acceptors (Lipinski definition) is 22. The van der Waals surface area contributed by atoms with Crippen molar-refractivity contribution < 1.29 is 105 Å². The van der Waals surface area contributed by atoms with Crippen LogP contribution in [0, 0.1) is 29.8 Å². The quantitative estimate of drug-likeness (QED) is 0.00937. The maximum Gasteiger partial charge on any atom is 0.339 e.